The van der Waals surface area contributed by atoms with Gasteiger partial charge in [-0.25, -0.2) is 4.39 Å². The second kappa shape index (κ2) is 11.1. The van der Waals surface area contributed by atoms with E-state index in [0.717, 1.165) is 42.3 Å². The van der Waals surface area contributed by atoms with Gasteiger partial charge in [0.15, 0.2) is 0 Å². The average molecular weight is 407 g/mol. The van der Waals surface area contributed by atoms with Crippen LogP contribution in [0, 0.1) is 5.82 Å². The summed E-state index contributed by atoms with van der Waals surface area (Å²) >= 11 is 0. The third-order valence-corrected chi connectivity index (χ3v) is 4.76. The van der Waals surface area contributed by atoms with Gasteiger partial charge in [-0.15, -0.1) is 0 Å². The van der Waals surface area contributed by atoms with E-state index >= 15 is 0 Å². The van der Waals surface area contributed by atoms with Crippen LogP contribution in [0.3, 0.4) is 0 Å². The van der Waals surface area contributed by atoms with Gasteiger partial charge in [0, 0.05) is 19.6 Å². The Hall–Kier alpha value is -3.18. The highest BCUT2D eigenvalue weighted by Crippen LogP contribution is 2.22. The number of carbonyl (C=O) groups excluding carboxylic acids is 1. The summed E-state index contributed by atoms with van der Waals surface area (Å²) in [6, 6.07) is 23.8. The fourth-order valence-electron chi connectivity index (χ4n) is 3.14. The molecule has 0 aromatic heterocycles. The van der Waals surface area contributed by atoms with Crippen LogP contribution in [0.25, 0.3) is 0 Å². The van der Waals surface area contributed by atoms with E-state index in [1.807, 2.05) is 48.5 Å². The molecular formula is C25H27FN2O2. The van der Waals surface area contributed by atoms with Crippen molar-refractivity contribution in [2.24, 2.45) is 0 Å². The van der Waals surface area contributed by atoms with Crippen molar-refractivity contribution in [2.45, 2.75) is 19.9 Å². The number of amides is 1. The highest BCUT2D eigenvalue weighted by molar-refractivity contribution is 5.78. The van der Waals surface area contributed by atoms with Crippen LogP contribution in [0.5, 0.6) is 11.5 Å². The molecular weight excluding hydrogens is 379 g/mol. The highest BCUT2D eigenvalue weighted by Gasteiger charge is 2.08. The number of hydrogen-bond donors (Lipinski definition) is 1. The maximum atomic E-state index is 13.0. The van der Waals surface area contributed by atoms with Crippen LogP contribution in [-0.2, 0) is 17.8 Å². The van der Waals surface area contributed by atoms with E-state index in [9.17, 15) is 9.18 Å². The van der Waals surface area contributed by atoms with Gasteiger partial charge in [0.2, 0.25) is 5.91 Å². The van der Waals surface area contributed by atoms with Gasteiger partial charge in [-0.2, -0.15) is 0 Å². The quantitative estimate of drug-likeness (QED) is 0.526. The zero-order chi connectivity index (χ0) is 21.2. The van der Waals surface area contributed by atoms with Gasteiger partial charge in [0.25, 0.3) is 0 Å². The summed E-state index contributed by atoms with van der Waals surface area (Å²) in [6.45, 7) is 5.06. The van der Waals surface area contributed by atoms with Crippen LogP contribution in [0.4, 0.5) is 4.39 Å². The Balaban J connectivity index is 1.46. The Kier molecular flexibility index (Phi) is 7.98. The minimum absolute atomic E-state index is 0.0593. The second-order valence-corrected chi connectivity index (χ2v) is 7.08. The minimum atomic E-state index is -0.295. The van der Waals surface area contributed by atoms with E-state index in [2.05, 4.69) is 23.2 Å². The lowest BCUT2D eigenvalue weighted by Gasteiger charge is -2.21. The molecule has 0 aliphatic heterocycles. The summed E-state index contributed by atoms with van der Waals surface area (Å²) in [7, 11) is 0. The molecule has 3 aromatic rings. The van der Waals surface area contributed by atoms with E-state index in [1.54, 1.807) is 12.1 Å². The molecule has 0 saturated heterocycles. The molecule has 5 heteroatoms. The van der Waals surface area contributed by atoms with Crippen molar-refractivity contribution in [2.75, 3.05) is 19.6 Å². The number of rotatable bonds is 10. The first-order valence-electron chi connectivity index (χ1n) is 10.2. The molecule has 1 amide bonds. The van der Waals surface area contributed by atoms with E-state index in [4.69, 9.17) is 4.74 Å². The fourth-order valence-corrected chi connectivity index (χ4v) is 3.14. The van der Waals surface area contributed by atoms with Crippen molar-refractivity contribution in [3.05, 3.63) is 95.8 Å². The molecule has 0 saturated carbocycles. The number of hydrogen-bond acceptors (Lipinski definition) is 3. The topological polar surface area (TPSA) is 41.6 Å². The Labute approximate surface area is 177 Å². The predicted molar refractivity (Wildman–Crippen MR) is 117 cm³/mol. The molecule has 0 unspecified atom stereocenters. The van der Waals surface area contributed by atoms with Gasteiger partial charge in [-0.1, -0.05) is 49.4 Å². The van der Waals surface area contributed by atoms with Gasteiger partial charge in [0.1, 0.15) is 17.3 Å². The molecule has 4 nitrogen and oxygen atoms in total. The van der Waals surface area contributed by atoms with Gasteiger partial charge < -0.3 is 10.1 Å². The maximum absolute atomic E-state index is 13.0. The number of nitrogens with one attached hydrogen (secondary N) is 1. The predicted octanol–water partition coefficient (Wildman–Crippen LogP) is 4.80. The summed E-state index contributed by atoms with van der Waals surface area (Å²) in [5.74, 6) is 1.26. The second-order valence-electron chi connectivity index (χ2n) is 7.08. The molecule has 30 heavy (non-hydrogen) atoms. The Morgan fingerprint density at radius 3 is 2.40 bits per heavy atom. The van der Waals surface area contributed by atoms with Crippen molar-refractivity contribution < 1.29 is 13.9 Å². The summed E-state index contributed by atoms with van der Waals surface area (Å²) in [6.07, 6.45) is 0.255. The van der Waals surface area contributed by atoms with Crippen LogP contribution in [0.15, 0.2) is 78.9 Å². The van der Waals surface area contributed by atoms with Crippen molar-refractivity contribution in [1.29, 1.82) is 0 Å². The van der Waals surface area contributed by atoms with Crippen molar-refractivity contribution in [3.63, 3.8) is 0 Å². The van der Waals surface area contributed by atoms with Crippen molar-refractivity contribution in [1.82, 2.24) is 10.2 Å². The summed E-state index contributed by atoms with van der Waals surface area (Å²) < 4.78 is 18.9. The highest BCUT2D eigenvalue weighted by atomic mass is 19.1. The van der Waals surface area contributed by atoms with E-state index in [-0.39, 0.29) is 18.1 Å². The third kappa shape index (κ3) is 7.01. The molecule has 156 valence electrons. The molecule has 0 bridgehead atoms. The lowest BCUT2D eigenvalue weighted by Crippen LogP contribution is -2.35. The Bertz CT molecular complexity index is 929. The number of ether oxygens (including phenoxy) is 1. The molecule has 0 heterocycles. The zero-order valence-corrected chi connectivity index (χ0v) is 17.2. The summed E-state index contributed by atoms with van der Waals surface area (Å²) in [5.41, 5.74) is 1.96. The first-order valence-corrected chi connectivity index (χ1v) is 10.2. The lowest BCUT2D eigenvalue weighted by molar-refractivity contribution is -0.120. The first kappa shape index (κ1) is 21.5. The minimum Gasteiger partial charge on any atom is -0.457 e. The Morgan fingerprint density at radius 2 is 1.67 bits per heavy atom. The third-order valence-electron chi connectivity index (χ3n) is 4.76. The SMILES string of the molecule is CCN(CCNC(=O)Cc1ccc(F)cc1)Cc1cccc(Oc2ccccc2)c1. The number of likely N-dealkylation sites (N-methyl/N-ethyl adjacent to an activating group) is 1. The van der Waals surface area contributed by atoms with Crippen LogP contribution in [-0.4, -0.2) is 30.4 Å². The maximum Gasteiger partial charge on any atom is 0.224 e. The molecule has 3 aromatic carbocycles. The van der Waals surface area contributed by atoms with Crippen LogP contribution in [0.2, 0.25) is 0 Å². The average Bonchev–Trinajstić information content (AvgIpc) is 2.75. The molecule has 0 fully saturated rings. The normalized spacial score (nSPS) is 10.8. The number of carbonyl (C=O) groups is 1. The van der Waals surface area contributed by atoms with Crippen LogP contribution in [0.1, 0.15) is 18.1 Å². The summed E-state index contributed by atoms with van der Waals surface area (Å²) in [4.78, 5) is 14.4. The zero-order valence-electron chi connectivity index (χ0n) is 17.2. The van der Waals surface area contributed by atoms with Gasteiger partial charge in [-0.05, 0) is 54.1 Å². The van der Waals surface area contributed by atoms with E-state index in [0.29, 0.717) is 6.54 Å². The number of benzene rings is 3. The molecule has 0 aliphatic carbocycles. The Morgan fingerprint density at radius 1 is 0.933 bits per heavy atom. The van der Waals surface area contributed by atoms with Gasteiger partial charge >= 0.3 is 0 Å². The molecule has 0 aliphatic rings. The number of halogens is 1. The largest absolute Gasteiger partial charge is 0.457 e. The molecule has 3 rings (SSSR count). The standard InChI is InChI=1S/C25H27FN2O2/c1-2-28(16-15-27-25(29)18-20-11-13-22(26)14-12-20)19-21-7-6-10-24(17-21)30-23-8-4-3-5-9-23/h3-14,17H,2,15-16,18-19H2,1H3,(H,27,29). The van der Waals surface area contributed by atoms with Gasteiger partial charge in [0.05, 0.1) is 6.42 Å². The van der Waals surface area contributed by atoms with Crippen molar-refractivity contribution >= 4 is 5.91 Å². The molecule has 0 spiro atoms. The molecule has 0 atom stereocenters. The smallest absolute Gasteiger partial charge is 0.224 e. The van der Waals surface area contributed by atoms with E-state index < -0.39 is 0 Å². The summed E-state index contributed by atoms with van der Waals surface area (Å²) in [5, 5.41) is 2.94. The van der Waals surface area contributed by atoms with E-state index in [1.165, 1.54) is 12.1 Å². The van der Waals surface area contributed by atoms with Crippen LogP contribution < -0.4 is 10.1 Å². The molecule has 1 N–H and O–H groups in total. The fraction of sp³-hybridized carbons (Fsp3) is 0.240. The molecule has 0 radical (unpaired) electrons. The van der Waals surface area contributed by atoms with Crippen molar-refractivity contribution in [3.8, 4) is 11.5 Å². The van der Waals surface area contributed by atoms with Crippen LogP contribution >= 0.6 is 0 Å². The number of nitrogens with zero attached hydrogens (tertiary/aromatic N) is 1. The number of para-hydroxylation sites is 1. The van der Waals surface area contributed by atoms with Gasteiger partial charge in [-0.3, -0.25) is 9.69 Å². The monoisotopic (exact) mass is 406 g/mol. The lowest BCUT2D eigenvalue weighted by atomic mass is 10.1. The first-order chi connectivity index (χ1) is 14.6.